The third kappa shape index (κ3) is 3.77. The van der Waals surface area contributed by atoms with Gasteiger partial charge < -0.3 is 8.85 Å². The monoisotopic (exact) mass is 205 g/mol. The standard InChI is InChI=1S/C9H23NO2Si/c1-7-10(8-9(2)3)13(6,11-4)12-5/h9H,7-8H2,1-6H3. The lowest BCUT2D eigenvalue weighted by atomic mass is 10.2. The Morgan fingerprint density at radius 3 is 1.92 bits per heavy atom. The van der Waals surface area contributed by atoms with Crippen LogP contribution in [0.15, 0.2) is 0 Å². The van der Waals surface area contributed by atoms with Gasteiger partial charge in [-0.2, -0.15) is 0 Å². The lowest BCUT2D eigenvalue weighted by Crippen LogP contribution is -2.56. The van der Waals surface area contributed by atoms with Crippen LogP contribution in [0.25, 0.3) is 0 Å². The van der Waals surface area contributed by atoms with E-state index >= 15 is 0 Å². The van der Waals surface area contributed by atoms with Crippen LogP contribution in [0.4, 0.5) is 0 Å². The van der Waals surface area contributed by atoms with Crippen molar-refractivity contribution in [3.05, 3.63) is 0 Å². The first-order valence-corrected chi connectivity index (χ1v) is 7.11. The third-order valence-electron chi connectivity index (χ3n) is 2.30. The number of rotatable bonds is 6. The van der Waals surface area contributed by atoms with E-state index in [-0.39, 0.29) is 0 Å². The Morgan fingerprint density at radius 2 is 1.69 bits per heavy atom. The maximum atomic E-state index is 5.48. The Balaban J connectivity index is 4.34. The Bertz CT molecular complexity index is 138. The van der Waals surface area contributed by atoms with Gasteiger partial charge in [0.15, 0.2) is 0 Å². The molecule has 0 aromatic carbocycles. The van der Waals surface area contributed by atoms with Gasteiger partial charge in [0.2, 0.25) is 0 Å². The Hall–Kier alpha value is 0.0969. The van der Waals surface area contributed by atoms with Crippen molar-refractivity contribution in [3.8, 4) is 0 Å². The van der Waals surface area contributed by atoms with Crippen LogP contribution in [0.2, 0.25) is 6.55 Å². The fourth-order valence-corrected chi connectivity index (χ4v) is 3.32. The van der Waals surface area contributed by atoms with Crippen molar-refractivity contribution >= 4 is 8.72 Å². The molecule has 0 saturated heterocycles. The molecular weight excluding hydrogens is 182 g/mol. The zero-order valence-electron chi connectivity index (χ0n) is 9.76. The minimum atomic E-state index is -2.06. The van der Waals surface area contributed by atoms with Crippen molar-refractivity contribution in [1.82, 2.24) is 4.57 Å². The van der Waals surface area contributed by atoms with Crippen molar-refractivity contribution in [1.29, 1.82) is 0 Å². The Morgan fingerprint density at radius 1 is 1.23 bits per heavy atom. The first-order valence-electron chi connectivity index (χ1n) is 4.85. The van der Waals surface area contributed by atoms with Crippen molar-refractivity contribution in [2.24, 2.45) is 5.92 Å². The maximum Gasteiger partial charge on any atom is 0.424 e. The van der Waals surface area contributed by atoms with Crippen molar-refractivity contribution < 1.29 is 8.85 Å². The highest BCUT2D eigenvalue weighted by atomic mass is 28.4. The van der Waals surface area contributed by atoms with Crippen LogP contribution in [0.3, 0.4) is 0 Å². The summed E-state index contributed by atoms with van der Waals surface area (Å²) in [5.74, 6) is 0.650. The van der Waals surface area contributed by atoms with Gasteiger partial charge in [-0.3, -0.25) is 4.57 Å². The van der Waals surface area contributed by atoms with Crippen molar-refractivity contribution in [2.45, 2.75) is 27.3 Å². The Kier molecular flexibility index (Phi) is 5.79. The van der Waals surface area contributed by atoms with Gasteiger partial charge in [0, 0.05) is 14.2 Å². The normalized spacial score (nSPS) is 12.9. The van der Waals surface area contributed by atoms with Gasteiger partial charge >= 0.3 is 8.72 Å². The summed E-state index contributed by atoms with van der Waals surface area (Å²) in [7, 11) is 1.41. The van der Waals surface area contributed by atoms with Gasteiger partial charge in [-0.15, -0.1) is 0 Å². The second kappa shape index (κ2) is 5.75. The fraction of sp³-hybridized carbons (Fsp3) is 1.00. The highest BCUT2D eigenvalue weighted by Gasteiger charge is 2.36. The molecule has 0 fully saturated rings. The van der Waals surface area contributed by atoms with Crippen LogP contribution < -0.4 is 0 Å². The van der Waals surface area contributed by atoms with Gasteiger partial charge in [0.1, 0.15) is 0 Å². The summed E-state index contributed by atoms with van der Waals surface area (Å²) in [4.78, 5) is 0. The molecule has 0 aromatic rings. The highest BCUT2D eigenvalue weighted by molar-refractivity contribution is 6.62. The summed E-state index contributed by atoms with van der Waals surface area (Å²) in [5, 5.41) is 0. The van der Waals surface area contributed by atoms with E-state index in [1.54, 1.807) is 14.2 Å². The molecule has 4 heteroatoms. The summed E-state index contributed by atoms with van der Waals surface area (Å²) in [5.41, 5.74) is 0. The average molecular weight is 205 g/mol. The van der Waals surface area contributed by atoms with Crippen LogP contribution in [-0.2, 0) is 8.85 Å². The molecule has 0 aliphatic carbocycles. The molecule has 0 atom stereocenters. The van der Waals surface area contributed by atoms with Crippen molar-refractivity contribution in [3.63, 3.8) is 0 Å². The largest absolute Gasteiger partial charge is 0.424 e. The topological polar surface area (TPSA) is 21.7 Å². The summed E-state index contributed by atoms with van der Waals surface area (Å²) < 4.78 is 13.3. The second-order valence-corrected chi connectivity index (χ2v) is 6.98. The molecule has 80 valence electrons. The molecule has 0 aromatic heterocycles. The van der Waals surface area contributed by atoms with E-state index in [1.807, 2.05) is 0 Å². The SMILES string of the molecule is CCN(CC(C)C)[Si](C)(OC)OC. The van der Waals surface area contributed by atoms with Gasteiger partial charge in [-0.05, 0) is 25.6 Å². The lowest BCUT2D eigenvalue weighted by Gasteiger charge is -2.35. The number of hydrogen-bond donors (Lipinski definition) is 0. The molecule has 0 N–H and O–H groups in total. The predicted molar refractivity (Wildman–Crippen MR) is 57.7 cm³/mol. The molecule has 0 aliphatic heterocycles. The summed E-state index contributed by atoms with van der Waals surface area (Å²) in [6.45, 7) is 10.7. The average Bonchev–Trinajstić information content (AvgIpc) is 2.12. The first kappa shape index (κ1) is 13.1. The molecule has 0 spiro atoms. The third-order valence-corrected chi connectivity index (χ3v) is 5.46. The molecule has 0 aliphatic rings. The quantitative estimate of drug-likeness (QED) is 0.618. The zero-order chi connectivity index (χ0) is 10.5. The van der Waals surface area contributed by atoms with Crippen LogP contribution in [0, 0.1) is 5.92 Å². The minimum absolute atomic E-state index is 0.650. The number of nitrogens with zero attached hydrogens (tertiary/aromatic N) is 1. The molecule has 0 unspecified atom stereocenters. The van der Waals surface area contributed by atoms with E-state index in [0.29, 0.717) is 5.92 Å². The second-order valence-electron chi connectivity index (χ2n) is 3.74. The molecular formula is C9H23NO2Si. The highest BCUT2D eigenvalue weighted by Crippen LogP contribution is 2.13. The molecule has 0 saturated carbocycles. The lowest BCUT2D eigenvalue weighted by molar-refractivity contribution is 0.164. The zero-order valence-corrected chi connectivity index (χ0v) is 10.8. The smallest absolute Gasteiger partial charge is 0.386 e. The minimum Gasteiger partial charge on any atom is -0.386 e. The summed E-state index contributed by atoms with van der Waals surface area (Å²) in [6, 6.07) is 0. The molecule has 0 rings (SSSR count). The van der Waals surface area contributed by atoms with E-state index in [9.17, 15) is 0 Å². The van der Waals surface area contributed by atoms with Crippen LogP contribution in [-0.4, -0.2) is 40.6 Å². The fourth-order valence-electron chi connectivity index (χ4n) is 1.36. The van der Waals surface area contributed by atoms with Crippen LogP contribution >= 0.6 is 0 Å². The van der Waals surface area contributed by atoms with Crippen LogP contribution in [0.5, 0.6) is 0 Å². The van der Waals surface area contributed by atoms with E-state index in [1.165, 1.54) is 0 Å². The maximum absolute atomic E-state index is 5.48. The van der Waals surface area contributed by atoms with Gasteiger partial charge in [-0.1, -0.05) is 20.8 Å². The van der Waals surface area contributed by atoms with Crippen LogP contribution in [0.1, 0.15) is 20.8 Å². The molecule has 0 heterocycles. The molecule has 0 bridgehead atoms. The summed E-state index contributed by atoms with van der Waals surface area (Å²) in [6.07, 6.45) is 0. The summed E-state index contributed by atoms with van der Waals surface area (Å²) >= 11 is 0. The van der Waals surface area contributed by atoms with E-state index in [2.05, 4.69) is 31.9 Å². The Labute approximate surface area is 83.4 Å². The predicted octanol–water partition coefficient (Wildman–Crippen LogP) is 1.83. The molecule has 3 nitrogen and oxygen atoms in total. The molecule has 13 heavy (non-hydrogen) atoms. The van der Waals surface area contributed by atoms with Gasteiger partial charge in [-0.25, -0.2) is 0 Å². The first-order chi connectivity index (χ1) is 6.00. The van der Waals surface area contributed by atoms with Crippen molar-refractivity contribution in [2.75, 3.05) is 27.3 Å². The van der Waals surface area contributed by atoms with E-state index < -0.39 is 8.72 Å². The molecule has 0 radical (unpaired) electrons. The molecule has 0 amide bonds. The van der Waals surface area contributed by atoms with E-state index in [0.717, 1.165) is 13.1 Å². The number of hydrogen-bond acceptors (Lipinski definition) is 3. The van der Waals surface area contributed by atoms with Gasteiger partial charge in [0.25, 0.3) is 0 Å². The van der Waals surface area contributed by atoms with E-state index in [4.69, 9.17) is 8.85 Å². The van der Waals surface area contributed by atoms with Gasteiger partial charge in [0.05, 0.1) is 0 Å².